The fourth-order valence-electron chi connectivity index (χ4n) is 4.17. The Labute approximate surface area is 228 Å². The molecule has 38 heavy (non-hydrogen) atoms. The molecular formula is C32H46O6. The molecule has 2 aromatic rings. The quantitative estimate of drug-likeness (QED) is 0.0974. The van der Waals surface area contributed by atoms with E-state index in [1.165, 1.54) is 64.2 Å². The SMILES string of the molecule is CCCCCCCCCOc1ccccc1C(=O)OOC(=O)c1ccccc1OCCCCCCCCC. The summed E-state index contributed by atoms with van der Waals surface area (Å²) in [6, 6.07) is 13.6. The highest BCUT2D eigenvalue weighted by Crippen LogP contribution is 2.22. The molecule has 2 rings (SSSR count). The van der Waals surface area contributed by atoms with Gasteiger partial charge in [-0.2, -0.15) is 0 Å². The van der Waals surface area contributed by atoms with E-state index in [1.807, 2.05) is 0 Å². The maximum atomic E-state index is 12.6. The lowest BCUT2D eigenvalue weighted by molar-refractivity contribution is -0.187. The van der Waals surface area contributed by atoms with Crippen molar-refractivity contribution in [2.75, 3.05) is 13.2 Å². The van der Waals surface area contributed by atoms with Crippen molar-refractivity contribution in [3.05, 3.63) is 59.7 Å². The van der Waals surface area contributed by atoms with Crippen molar-refractivity contribution >= 4 is 11.9 Å². The van der Waals surface area contributed by atoms with Gasteiger partial charge in [0.2, 0.25) is 0 Å². The highest BCUT2D eigenvalue weighted by molar-refractivity contribution is 5.95. The second-order valence-electron chi connectivity index (χ2n) is 9.67. The molecule has 0 spiro atoms. The molecule has 0 heterocycles. The molecule has 0 fully saturated rings. The van der Waals surface area contributed by atoms with Crippen LogP contribution in [0.2, 0.25) is 0 Å². The van der Waals surface area contributed by atoms with Gasteiger partial charge < -0.3 is 9.47 Å². The van der Waals surface area contributed by atoms with Crippen molar-refractivity contribution in [1.29, 1.82) is 0 Å². The smallest absolute Gasteiger partial charge is 0.390 e. The number of unbranched alkanes of at least 4 members (excludes halogenated alkanes) is 12. The molecule has 0 aliphatic rings. The molecule has 0 aliphatic carbocycles. The number of hydrogen-bond acceptors (Lipinski definition) is 6. The summed E-state index contributed by atoms with van der Waals surface area (Å²) in [6.45, 7) is 5.45. The van der Waals surface area contributed by atoms with Crippen LogP contribution in [0.5, 0.6) is 11.5 Å². The number of hydrogen-bond donors (Lipinski definition) is 0. The van der Waals surface area contributed by atoms with Gasteiger partial charge in [0.15, 0.2) is 0 Å². The molecule has 0 aliphatic heterocycles. The summed E-state index contributed by atoms with van der Waals surface area (Å²) in [7, 11) is 0. The molecule has 2 aromatic carbocycles. The number of rotatable bonds is 20. The molecule has 0 saturated heterocycles. The minimum atomic E-state index is -0.782. The molecule has 0 radical (unpaired) electrons. The molecule has 0 unspecified atom stereocenters. The molecule has 0 aromatic heterocycles. The minimum Gasteiger partial charge on any atom is -0.493 e. The van der Waals surface area contributed by atoms with Crippen LogP contribution in [0.4, 0.5) is 0 Å². The van der Waals surface area contributed by atoms with Gasteiger partial charge in [-0.3, -0.25) is 0 Å². The van der Waals surface area contributed by atoms with E-state index in [2.05, 4.69) is 13.8 Å². The average Bonchev–Trinajstić information content (AvgIpc) is 2.95. The minimum absolute atomic E-state index is 0.215. The third-order valence-corrected chi connectivity index (χ3v) is 6.42. The summed E-state index contributed by atoms with van der Waals surface area (Å²) in [5.41, 5.74) is 0.429. The molecule has 0 atom stereocenters. The van der Waals surface area contributed by atoms with E-state index in [1.54, 1.807) is 48.5 Å². The van der Waals surface area contributed by atoms with Crippen molar-refractivity contribution in [3.8, 4) is 11.5 Å². The van der Waals surface area contributed by atoms with Crippen LogP contribution in [0.25, 0.3) is 0 Å². The van der Waals surface area contributed by atoms with Gasteiger partial charge in [0, 0.05) is 0 Å². The van der Waals surface area contributed by atoms with Crippen LogP contribution in [-0.2, 0) is 9.78 Å². The summed E-state index contributed by atoms with van der Waals surface area (Å²) in [4.78, 5) is 35.1. The number of carbonyl (C=O) groups is 2. The Bertz CT molecular complexity index is 850. The molecule has 6 nitrogen and oxygen atoms in total. The second-order valence-corrected chi connectivity index (χ2v) is 9.67. The third kappa shape index (κ3) is 12.5. The van der Waals surface area contributed by atoms with Crippen molar-refractivity contribution in [2.24, 2.45) is 0 Å². The third-order valence-electron chi connectivity index (χ3n) is 6.42. The van der Waals surface area contributed by atoms with E-state index in [9.17, 15) is 9.59 Å². The van der Waals surface area contributed by atoms with E-state index in [0.717, 1.165) is 25.7 Å². The van der Waals surface area contributed by atoms with Crippen LogP contribution in [0.3, 0.4) is 0 Å². The first kappa shape index (κ1) is 31.2. The van der Waals surface area contributed by atoms with Gasteiger partial charge in [0.05, 0.1) is 13.2 Å². The molecule has 0 N–H and O–H groups in total. The molecule has 0 amide bonds. The molecule has 210 valence electrons. The van der Waals surface area contributed by atoms with Crippen LogP contribution >= 0.6 is 0 Å². The molecule has 0 saturated carbocycles. The maximum Gasteiger partial charge on any atom is 0.390 e. The Morgan fingerprint density at radius 3 is 1.24 bits per heavy atom. The Morgan fingerprint density at radius 2 is 0.842 bits per heavy atom. The topological polar surface area (TPSA) is 71.1 Å². The Kier molecular flexibility index (Phi) is 16.4. The highest BCUT2D eigenvalue weighted by atomic mass is 17.2. The largest absolute Gasteiger partial charge is 0.493 e. The summed E-state index contributed by atoms with van der Waals surface area (Å²) in [5, 5.41) is 0. The number of carbonyl (C=O) groups excluding carboxylic acids is 2. The Balaban J connectivity index is 1.77. The van der Waals surface area contributed by atoms with Crippen molar-refractivity contribution < 1.29 is 28.8 Å². The fraction of sp³-hybridized carbons (Fsp3) is 0.562. The maximum absolute atomic E-state index is 12.6. The first-order valence-corrected chi connectivity index (χ1v) is 14.5. The average molecular weight is 527 g/mol. The zero-order chi connectivity index (χ0) is 27.3. The van der Waals surface area contributed by atoms with Crippen molar-refractivity contribution in [3.63, 3.8) is 0 Å². The molecular weight excluding hydrogens is 480 g/mol. The lowest BCUT2D eigenvalue weighted by atomic mass is 10.1. The summed E-state index contributed by atoms with van der Waals surface area (Å²) < 4.78 is 11.7. The predicted octanol–water partition coefficient (Wildman–Crippen LogP) is 8.87. The van der Waals surface area contributed by atoms with Crippen LogP contribution in [0.1, 0.15) is 124 Å². The van der Waals surface area contributed by atoms with Crippen LogP contribution < -0.4 is 9.47 Å². The number of benzene rings is 2. The summed E-state index contributed by atoms with van der Waals surface area (Å²) in [5.74, 6) is -0.735. The zero-order valence-corrected chi connectivity index (χ0v) is 23.4. The summed E-state index contributed by atoms with van der Waals surface area (Å²) >= 11 is 0. The van der Waals surface area contributed by atoms with E-state index in [0.29, 0.717) is 24.7 Å². The van der Waals surface area contributed by atoms with Gasteiger partial charge in [-0.25, -0.2) is 19.4 Å². The Hall–Kier alpha value is -3.02. The highest BCUT2D eigenvalue weighted by Gasteiger charge is 2.20. The van der Waals surface area contributed by atoms with Gasteiger partial charge in [-0.05, 0) is 37.1 Å². The van der Waals surface area contributed by atoms with E-state index < -0.39 is 11.9 Å². The fourth-order valence-corrected chi connectivity index (χ4v) is 4.17. The molecule has 6 heteroatoms. The van der Waals surface area contributed by atoms with Crippen molar-refractivity contribution in [2.45, 2.75) is 104 Å². The van der Waals surface area contributed by atoms with E-state index in [4.69, 9.17) is 19.2 Å². The van der Waals surface area contributed by atoms with E-state index in [-0.39, 0.29) is 11.1 Å². The first-order valence-electron chi connectivity index (χ1n) is 14.5. The zero-order valence-electron chi connectivity index (χ0n) is 23.4. The van der Waals surface area contributed by atoms with Gasteiger partial charge >= 0.3 is 11.9 Å². The Morgan fingerprint density at radius 1 is 0.500 bits per heavy atom. The lowest BCUT2D eigenvalue weighted by Crippen LogP contribution is -2.14. The number of para-hydroxylation sites is 2. The van der Waals surface area contributed by atoms with Gasteiger partial charge in [0.1, 0.15) is 22.6 Å². The van der Waals surface area contributed by atoms with E-state index >= 15 is 0 Å². The lowest BCUT2D eigenvalue weighted by Gasteiger charge is -2.12. The monoisotopic (exact) mass is 526 g/mol. The normalized spacial score (nSPS) is 10.7. The second kappa shape index (κ2) is 20.0. The number of ether oxygens (including phenoxy) is 2. The van der Waals surface area contributed by atoms with Gasteiger partial charge in [0.25, 0.3) is 0 Å². The summed E-state index contributed by atoms with van der Waals surface area (Å²) in [6.07, 6.45) is 16.5. The van der Waals surface area contributed by atoms with Crippen molar-refractivity contribution in [1.82, 2.24) is 0 Å². The molecule has 0 bridgehead atoms. The van der Waals surface area contributed by atoms with Crippen LogP contribution in [0, 0.1) is 0 Å². The van der Waals surface area contributed by atoms with Crippen LogP contribution in [0.15, 0.2) is 48.5 Å². The van der Waals surface area contributed by atoms with Gasteiger partial charge in [-0.1, -0.05) is 115 Å². The first-order chi connectivity index (χ1) is 18.7. The van der Waals surface area contributed by atoms with Crippen LogP contribution in [-0.4, -0.2) is 25.2 Å². The standard InChI is InChI=1S/C32H46O6/c1-3-5-7-9-11-13-19-25-35-29-23-17-15-21-27(29)31(33)37-38-32(34)28-22-16-18-24-30(28)36-26-20-14-12-10-8-6-4-2/h15-18,21-24H,3-14,19-20,25-26H2,1-2H3. The predicted molar refractivity (Wildman–Crippen MR) is 151 cm³/mol. The van der Waals surface area contributed by atoms with Gasteiger partial charge in [-0.15, -0.1) is 0 Å².